The first-order valence-electron chi connectivity index (χ1n) is 7.87. The predicted octanol–water partition coefficient (Wildman–Crippen LogP) is 2.76. The molecule has 5 heteroatoms. The highest BCUT2D eigenvalue weighted by Gasteiger charge is 2.34. The number of nitrogens with two attached hydrogens (primary N) is 1. The van der Waals surface area contributed by atoms with Crippen molar-refractivity contribution in [3.05, 3.63) is 87.5 Å². The zero-order valence-corrected chi connectivity index (χ0v) is 13.6. The fourth-order valence-corrected chi connectivity index (χ4v) is 3.40. The Morgan fingerprint density at radius 3 is 2.52 bits per heavy atom. The van der Waals surface area contributed by atoms with E-state index in [2.05, 4.69) is 6.07 Å². The first-order valence-corrected chi connectivity index (χ1v) is 7.87. The van der Waals surface area contributed by atoms with E-state index in [1.54, 1.807) is 11.6 Å². The molecule has 0 spiro atoms. The van der Waals surface area contributed by atoms with Gasteiger partial charge in [0.1, 0.15) is 17.4 Å². The van der Waals surface area contributed by atoms with Crippen molar-refractivity contribution in [2.45, 2.75) is 5.92 Å². The molecule has 0 radical (unpaired) electrons. The third kappa shape index (κ3) is 2.12. The number of hydrogen-bond acceptors (Lipinski definition) is 4. The van der Waals surface area contributed by atoms with Gasteiger partial charge in [0, 0.05) is 12.4 Å². The maximum absolute atomic E-state index is 13.1. The van der Waals surface area contributed by atoms with Crippen LogP contribution in [0.3, 0.4) is 0 Å². The predicted molar refractivity (Wildman–Crippen MR) is 94.9 cm³/mol. The summed E-state index contributed by atoms with van der Waals surface area (Å²) in [5.74, 6) is -0.0652. The van der Waals surface area contributed by atoms with Crippen molar-refractivity contribution in [3.63, 3.8) is 0 Å². The summed E-state index contributed by atoms with van der Waals surface area (Å²) in [6.07, 6.45) is 0. The number of para-hydroxylation sites is 1. The van der Waals surface area contributed by atoms with Crippen molar-refractivity contribution < 1.29 is 4.74 Å². The Kier molecular flexibility index (Phi) is 3.33. The second kappa shape index (κ2) is 5.53. The second-order valence-corrected chi connectivity index (χ2v) is 5.96. The van der Waals surface area contributed by atoms with Crippen LogP contribution < -0.4 is 16.0 Å². The van der Waals surface area contributed by atoms with E-state index >= 15 is 0 Å². The Labute approximate surface area is 144 Å². The van der Waals surface area contributed by atoms with Crippen molar-refractivity contribution in [1.82, 2.24) is 4.57 Å². The van der Waals surface area contributed by atoms with Crippen LogP contribution in [0.4, 0.5) is 0 Å². The van der Waals surface area contributed by atoms with Gasteiger partial charge in [0.25, 0.3) is 5.56 Å². The molecule has 0 saturated heterocycles. The van der Waals surface area contributed by atoms with Crippen LogP contribution in [-0.4, -0.2) is 4.57 Å². The minimum Gasteiger partial charge on any atom is -0.439 e. The Morgan fingerprint density at radius 1 is 1.12 bits per heavy atom. The van der Waals surface area contributed by atoms with Crippen molar-refractivity contribution in [1.29, 1.82) is 5.26 Å². The average Bonchev–Trinajstić information content (AvgIpc) is 2.66. The maximum Gasteiger partial charge on any atom is 0.258 e. The van der Waals surface area contributed by atoms with E-state index in [4.69, 9.17) is 10.5 Å². The molecule has 3 aromatic rings. The van der Waals surface area contributed by atoms with Crippen LogP contribution in [0.15, 0.2) is 70.8 Å². The van der Waals surface area contributed by atoms with Crippen LogP contribution in [-0.2, 0) is 7.05 Å². The molecule has 0 amide bonds. The number of aryl methyl sites for hydroxylation is 1. The van der Waals surface area contributed by atoms with Crippen LogP contribution in [0.1, 0.15) is 17.0 Å². The smallest absolute Gasteiger partial charge is 0.258 e. The molecule has 0 bridgehead atoms. The lowest BCUT2D eigenvalue weighted by molar-refractivity contribution is 0.396. The van der Waals surface area contributed by atoms with Crippen LogP contribution in [0.25, 0.3) is 10.9 Å². The molecule has 2 N–H and O–H groups in total. The van der Waals surface area contributed by atoms with Gasteiger partial charge in [0.05, 0.1) is 17.0 Å². The number of hydrogen-bond donors (Lipinski definition) is 1. The minimum absolute atomic E-state index is 0.0438. The number of nitrogens with zero attached hydrogens (tertiary/aromatic N) is 2. The normalized spacial score (nSPS) is 16.2. The molecule has 0 fully saturated rings. The van der Waals surface area contributed by atoms with Crippen LogP contribution in [0.5, 0.6) is 5.75 Å². The largest absolute Gasteiger partial charge is 0.439 e. The number of benzene rings is 2. The molecule has 0 saturated carbocycles. The van der Waals surface area contributed by atoms with Gasteiger partial charge >= 0.3 is 0 Å². The van der Waals surface area contributed by atoms with Gasteiger partial charge in [0.2, 0.25) is 5.88 Å². The number of ether oxygens (including phenoxy) is 1. The maximum atomic E-state index is 13.1. The fourth-order valence-electron chi connectivity index (χ4n) is 3.40. The highest BCUT2D eigenvalue weighted by atomic mass is 16.5. The number of pyridine rings is 1. The Morgan fingerprint density at radius 2 is 1.80 bits per heavy atom. The molecule has 1 aliphatic heterocycles. The summed E-state index contributed by atoms with van der Waals surface area (Å²) in [7, 11) is 1.72. The molecular formula is C20H15N3O2. The summed E-state index contributed by atoms with van der Waals surface area (Å²) in [5, 5.41) is 10.4. The van der Waals surface area contributed by atoms with Gasteiger partial charge in [-0.3, -0.25) is 4.79 Å². The lowest BCUT2D eigenvalue weighted by atomic mass is 9.83. The average molecular weight is 329 g/mol. The van der Waals surface area contributed by atoms with E-state index in [9.17, 15) is 10.1 Å². The van der Waals surface area contributed by atoms with Crippen LogP contribution >= 0.6 is 0 Å². The summed E-state index contributed by atoms with van der Waals surface area (Å²) >= 11 is 0. The third-order valence-electron chi connectivity index (χ3n) is 4.60. The lowest BCUT2D eigenvalue weighted by Gasteiger charge is -2.27. The first kappa shape index (κ1) is 15.0. The highest BCUT2D eigenvalue weighted by Crippen LogP contribution is 2.43. The Balaban J connectivity index is 2.15. The zero-order valence-electron chi connectivity index (χ0n) is 13.6. The topological polar surface area (TPSA) is 81.0 Å². The molecule has 4 rings (SSSR count). The number of nitriles is 1. The number of rotatable bonds is 1. The third-order valence-corrected chi connectivity index (χ3v) is 4.60. The van der Waals surface area contributed by atoms with E-state index in [0.29, 0.717) is 11.3 Å². The SMILES string of the molecule is Cn1c(=O)c2c(c3ccccc31)OC(N)=C(C#N)[C@H]2c1ccccc1. The van der Waals surface area contributed by atoms with Crippen molar-refractivity contribution >= 4 is 10.9 Å². The quantitative estimate of drug-likeness (QED) is 0.744. The van der Waals surface area contributed by atoms with Gasteiger partial charge in [-0.05, 0) is 17.7 Å². The van der Waals surface area contributed by atoms with Crippen molar-refractivity contribution in [2.24, 2.45) is 12.8 Å². The Bertz CT molecular complexity index is 1120. The molecule has 5 nitrogen and oxygen atoms in total. The standard InChI is InChI=1S/C20H15N3O2/c1-23-15-10-6-5-9-13(15)18-17(20(23)24)16(12-7-3-2-4-8-12)14(11-21)19(22)25-18/h2-10,16H,22H2,1H3/t16-/m1/s1. The minimum atomic E-state index is -0.543. The monoisotopic (exact) mass is 329 g/mol. The molecule has 1 atom stereocenters. The number of fused-ring (bicyclic) bond motifs is 3. The van der Waals surface area contributed by atoms with Crippen LogP contribution in [0, 0.1) is 11.3 Å². The van der Waals surface area contributed by atoms with Gasteiger partial charge in [-0.1, -0.05) is 42.5 Å². The van der Waals surface area contributed by atoms with E-state index in [1.807, 2.05) is 54.6 Å². The molecule has 1 aliphatic rings. The lowest BCUT2D eigenvalue weighted by Crippen LogP contribution is -2.31. The van der Waals surface area contributed by atoms with Gasteiger partial charge in [0.15, 0.2) is 0 Å². The Hall–Kier alpha value is -3.52. The summed E-state index contributed by atoms with van der Waals surface area (Å²) < 4.78 is 7.34. The van der Waals surface area contributed by atoms with E-state index in [-0.39, 0.29) is 17.0 Å². The number of aromatic nitrogens is 1. The first-order chi connectivity index (χ1) is 12.1. The molecule has 2 heterocycles. The highest BCUT2D eigenvalue weighted by molar-refractivity contribution is 5.88. The van der Waals surface area contributed by atoms with E-state index < -0.39 is 5.92 Å². The van der Waals surface area contributed by atoms with Crippen molar-refractivity contribution in [3.8, 4) is 11.8 Å². The fraction of sp³-hybridized carbons (Fsp3) is 0.100. The van der Waals surface area contributed by atoms with Crippen molar-refractivity contribution in [2.75, 3.05) is 0 Å². The van der Waals surface area contributed by atoms with Gasteiger partial charge in [-0.15, -0.1) is 0 Å². The molecule has 0 aliphatic carbocycles. The summed E-state index contributed by atoms with van der Waals surface area (Å²) in [5.41, 5.74) is 8.13. The number of allylic oxidation sites excluding steroid dienone is 1. The summed E-state index contributed by atoms with van der Waals surface area (Å²) in [4.78, 5) is 13.1. The van der Waals surface area contributed by atoms with Gasteiger partial charge < -0.3 is 15.0 Å². The van der Waals surface area contributed by atoms with E-state index in [1.165, 1.54) is 0 Å². The van der Waals surface area contributed by atoms with Gasteiger partial charge in [-0.25, -0.2) is 0 Å². The molecule has 1 aromatic heterocycles. The molecule has 2 aromatic carbocycles. The molecular weight excluding hydrogens is 314 g/mol. The van der Waals surface area contributed by atoms with Gasteiger partial charge in [-0.2, -0.15) is 5.26 Å². The molecule has 122 valence electrons. The summed E-state index contributed by atoms with van der Waals surface area (Å²) in [6.45, 7) is 0. The second-order valence-electron chi connectivity index (χ2n) is 5.96. The zero-order chi connectivity index (χ0) is 17.6. The van der Waals surface area contributed by atoms with E-state index in [0.717, 1.165) is 16.5 Å². The molecule has 0 unspecified atom stereocenters. The molecule has 25 heavy (non-hydrogen) atoms. The summed E-state index contributed by atoms with van der Waals surface area (Å²) in [6, 6.07) is 19.0. The van der Waals surface area contributed by atoms with Crippen LogP contribution in [0.2, 0.25) is 0 Å².